The smallest absolute Gasteiger partial charge is 0.259 e. The van der Waals surface area contributed by atoms with Crippen LogP contribution < -0.4 is 5.73 Å². The molecular weight excluding hydrogens is 326 g/mol. The molecule has 2 N–H and O–H groups in total. The summed E-state index contributed by atoms with van der Waals surface area (Å²) in [5.41, 5.74) is 9.38. The van der Waals surface area contributed by atoms with Crippen LogP contribution in [0.25, 0.3) is 22.8 Å². The van der Waals surface area contributed by atoms with Gasteiger partial charge in [0.25, 0.3) is 5.89 Å². The quantitative estimate of drug-likeness (QED) is 0.715. The maximum absolute atomic E-state index is 5.78. The predicted octanol–water partition coefficient (Wildman–Crippen LogP) is 4.12. The highest BCUT2D eigenvalue weighted by atomic mass is 79.9. The molecule has 0 bridgehead atoms. The van der Waals surface area contributed by atoms with Gasteiger partial charge in [0.05, 0.1) is 5.56 Å². The second-order valence-electron chi connectivity index (χ2n) is 4.13. The van der Waals surface area contributed by atoms with E-state index in [1.165, 1.54) is 0 Å². The molecule has 0 saturated carbocycles. The van der Waals surface area contributed by atoms with Crippen LogP contribution in [0.5, 0.6) is 0 Å². The highest BCUT2D eigenvalue weighted by Gasteiger charge is 2.15. The standard InChI is InChI=1S/C13H10BrN3OS/c1-7-5-19-6-10(7)12-16-13(18-17-12)9-4-8(15)2-3-11(9)14/h2-6H,15H2,1H3. The maximum Gasteiger partial charge on any atom is 0.259 e. The van der Waals surface area contributed by atoms with E-state index in [1.807, 2.05) is 30.5 Å². The van der Waals surface area contributed by atoms with Crippen molar-refractivity contribution < 1.29 is 4.52 Å². The molecule has 3 rings (SSSR count). The molecule has 4 nitrogen and oxygen atoms in total. The van der Waals surface area contributed by atoms with E-state index < -0.39 is 0 Å². The maximum atomic E-state index is 5.78. The van der Waals surface area contributed by atoms with Crippen LogP contribution in [0.3, 0.4) is 0 Å². The van der Waals surface area contributed by atoms with Crippen molar-refractivity contribution in [1.82, 2.24) is 10.1 Å². The molecule has 0 saturated heterocycles. The highest BCUT2D eigenvalue weighted by molar-refractivity contribution is 9.10. The Balaban J connectivity index is 2.06. The molecule has 0 amide bonds. The second kappa shape index (κ2) is 4.79. The summed E-state index contributed by atoms with van der Waals surface area (Å²) < 4.78 is 6.20. The van der Waals surface area contributed by atoms with Gasteiger partial charge in [-0.25, -0.2) is 0 Å². The van der Waals surface area contributed by atoms with Crippen molar-refractivity contribution in [3.05, 3.63) is 39.0 Å². The number of halogens is 1. The fraction of sp³-hybridized carbons (Fsp3) is 0.0769. The molecule has 2 aromatic heterocycles. The van der Waals surface area contributed by atoms with Gasteiger partial charge in [-0.15, -0.1) is 0 Å². The van der Waals surface area contributed by atoms with Crippen LogP contribution in [0.1, 0.15) is 5.56 Å². The van der Waals surface area contributed by atoms with E-state index in [1.54, 1.807) is 11.3 Å². The van der Waals surface area contributed by atoms with Crippen molar-refractivity contribution in [2.75, 3.05) is 5.73 Å². The van der Waals surface area contributed by atoms with E-state index in [0.717, 1.165) is 21.2 Å². The summed E-state index contributed by atoms with van der Waals surface area (Å²) in [4.78, 5) is 4.43. The number of benzene rings is 1. The minimum Gasteiger partial charge on any atom is -0.399 e. The first-order valence-electron chi connectivity index (χ1n) is 5.57. The minimum atomic E-state index is 0.458. The van der Waals surface area contributed by atoms with Crippen molar-refractivity contribution in [1.29, 1.82) is 0 Å². The molecule has 2 heterocycles. The lowest BCUT2D eigenvalue weighted by molar-refractivity contribution is 0.432. The molecule has 0 aliphatic heterocycles. The lowest BCUT2D eigenvalue weighted by Gasteiger charge is -1.99. The number of thiophene rings is 1. The molecule has 3 aromatic rings. The first kappa shape index (κ1) is 12.4. The average molecular weight is 336 g/mol. The molecule has 1 aromatic carbocycles. The summed E-state index contributed by atoms with van der Waals surface area (Å²) in [6.07, 6.45) is 0. The van der Waals surface area contributed by atoms with Crippen LogP contribution >= 0.6 is 27.3 Å². The summed E-state index contributed by atoms with van der Waals surface area (Å²) >= 11 is 5.08. The lowest BCUT2D eigenvalue weighted by Crippen LogP contribution is -1.87. The number of hydrogen-bond donors (Lipinski definition) is 1. The normalized spacial score (nSPS) is 10.8. The Bertz CT molecular complexity index is 735. The molecule has 0 atom stereocenters. The average Bonchev–Trinajstić information content (AvgIpc) is 3.00. The number of nitrogens with zero attached hydrogens (tertiary/aromatic N) is 2. The third kappa shape index (κ3) is 2.29. The first-order valence-corrected chi connectivity index (χ1v) is 7.31. The SMILES string of the molecule is Cc1cscc1-c1noc(-c2cc(N)ccc2Br)n1. The van der Waals surface area contributed by atoms with Gasteiger partial charge in [0.1, 0.15) is 0 Å². The van der Waals surface area contributed by atoms with Gasteiger partial charge in [-0.1, -0.05) is 5.16 Å². The van der Waals surface area contributed by atoms with Crippen LogP contribution in [-0.2, 0) is 0 Å². The van der Waals surface area contributed by atoms with Crippen molar-refractivity contribution in [2.24, 2.45) is 0 Å². The van der Waals surface area contributed by atoms with Crippen molar-refractivity contribution >= 4 is 33.0 Å². The molecule has 0 aliphatic rings. The number of hydrogen-bond acceptors (Lipinski definition) is 5. The summed E-state index contributed by atoms with van der Waals surface area (Å²) in [7, 11) is 0. The fourth-order valence-corrected chi connectivity index (χ4v) is 2.98. The third-order valence-electron chi connectivity index (χ3n) is 2.74. The van der Waals surface area contributed by atoms with Gasteiger partial charge in [0.2, 0.25) is 5.82 Å². The summed E-state index contributed by atoms with van der Waals surface area (Å²) in [6, 6.07) is 5.49. The van der Waals surface area contributed by atoms with E-state index in [4.69, 9.17) is 10.3 Å². The van der Waals surface area contributed by atoms with Crippen LogP contribution in [0.4, 0.5) is 5.69 Å². The Kier molecular flexibility index (Phi) is 3.12. The Morgan fingerprint density at radius 1 is 1.26 bits per heavy atom. The van der Waals surface area contributed by atoms with Gasteiger partial charge in [-0.3, -0.25) is 0 Å². The number of aromatic nitrogens is 2. The van der Waals surface area contributed by atoms with Gasteiger partial charge in [0.15, 0.2) is 0 Å². The van der Waals surface area contributed by atoms with Crippen molar-refractivity contribution in [2.45, 2.75) is 6.92 Å². The Morgan fingerprint density at radius 3 is 2.84 bits per heavy atom. The molecule has 0 unspecified atom stereocenters. The number of anilines is 1. The zero-order chi connectivity index (χ0) is 13.4. The Hall–Kier alpha value is -1.66. The molecule has 19 heavy (non-hydrogen) atoms. The summed E-state index contributed by atoms with van der Waals surface area (Å²) in [5.74, 6) is 1.06. The zero-order valence-electron chi connectivity index (χ0n) is 10.1. The monoisotopic (exact) mass is 335 g/mol. The highest BCUT2D eigenvalue weighted by Crippen LogP contribution is 2.31. The van der Waals surface area contributed by atoms with Gasteiger partial charge in [-0.2, -0.15) is 16.3 Å². The van der Waals surface area contributed by atoms with E-state index in [2.05, 4.69) is 31.5 Å². The largest absolute Gasteiger partial charge is 0.399 e. The van der Waals surface area contributed by atoms with Crippen LogP contribution in [-0.4, -0.2) is 10.1 Å². The Labute approximate surface area is 122 Å². The number of rotatable bonds is 2. The van der Waals surface area contributed by atoms with Gasteiger partial charge in [0, 0.05) is 21.1 Å². The first-order chi connectivity index (χ1) is 9.15. The predicted molar refractivity (Wildman–Crippen MR) is 79.9 cm³/mol. The summed E-state index contributed by atoms with van der Waals surface area (Å²) in [6.45, 7) is 2.03. The van der Waals surface area contributed by atoms with Crippen molar-refractivity contribution in [3.8, 4) is 22.8 Å². The van der Waals surface area contributed by atoms with Crippen LogP contribution in [0.2, 0.25) is 0 Å². The van der Waals surface area contributed by atoms with E-state index in [9.17, 15) is 0 Å². The molecular formula is C13H10BrN3OS. The van der Waals surface area contributed by atoms with Gasteiger partial charge >= 0.3 is 0 Å². The molecule has 0 spiro atoms. The minimum absolute atomic E-state index is 0.458. The molecule has 96 valence electrons. The molecule has 0 radical (unpaired) electrons. The molecule has 6 heteroatoms. The van der Waals surface area contributed by atoms with Crippen LogP contribution in [0, 0.1) is 6.92 Å². The molecule has 0 aliphatic carbocycles. The number of nitrogen functional groups attached to an aromatic ring is 1. The number of nitrogens with two attached hydrogens (primary N) is 1. The molecule has 0 fully saturated rings. The number of aryl methyl sites for hydroxylation is 1. The third-order valence-corrected chi connectivity index (χ3v) is 4.30. The summed E-state index contributed by atoms with van der Waals surface area (Å²) in [5, 5.41) is 8.10. The lowest BCUT2D eigenvalue weighted by atomic mass is 10.2. The fourth-order valence-electron chi connectivity index (χ4n) is 1.74. The zero-order valence-corrected chi connectivity index (χ0v) is 12.5. The van der Waals surface area contributed by atoms with E-state index in [0.29, 0.717) is 17.4 Å². The van der Waals surface area contributed by atoms with Gasteiger partial charge < -0.3 is 10.3 Å². The second-order valence-corrected chi connectivity index (χ2v) is 5.73. The topological polar surface area (TPSA) is 64.9 Å². The van der Waals surface area contributed by atoms with E-state index in [-0.39, 0.29) is 0 Å². The van der Waals surface area contributed by atoms with Crippen molar-refractivity contribution in [3.63, 3.8) is 0 Å². The van der Waals surface area contributed by atoms with E-state index >= 15 is 0 Å². The van der Waals surface area contributed by atoms with Gasteiger partial charge in [-0.05, 0) is 52.0 Å². The Morgan fingerprint density at radius 2 is 2.11 bits per heavy atom. The van der Waals surface area contributed by atoms with Crippen LogP contribution in [0.15, 0.2) is 38.0 Å².